The molecule has 1 saturated heterocycles. The van der Waals surface area contributed by atoms with Crippen molar-refractivity contribution in [2.75, 3.05) is 12.3 Å². The van der Waals surface area contributed by atoms with E-state index in [2.05, 4.69) is 0 Å². The van der Waals surface area contributed by atoms with Crippen molar-refractivity contribution in [1.29, 1.82) is 0 Å². The summed E-state index contributed by atoms with van der Waals surface area (Å²) >= 11 is 4.74. The van der Waals surface area contributed by atoms with E-state index in [1.165, 1.54) is 6.42 Å². The van der Waals surface area contributed by atoms with Gasteiger partial charge >= 0.3 is 0 Å². The summed E-state index contributed by atoms with van der Waals surface area (Å²) in [6.45, 7) is 0. The van der Waals surface area contributed by atoms with Crippen molar-refractivity contribution in [2.24, 2.45) is 0 Å². The summed E-state index contributed by atoms with van der Waals surface area (Å²) < 4.78 is 12.8. The third kappa shape index (κ3) is 1.83. The van der Waals surface area contributed by atoms with Crippen molar-refractivity contribution in [2.45, 2.75) is 19.3 Å². The summed E-state index contributed by atoms with van der Waals surface area (Å²) in [5.74, 6) is 0. The second-order valence-corrected chi connectivity index (χ2v) is 6.74. The summed E-state index contributed by atoms with van der Waals surface area (Å²) in [6, 6.07) is 0. The fourth-order valence-electron chi connectivity index (χ4n) is 0.984. The largest absolute Gasteiger partial charge is 0.218 e. The molecular weight excluding hydrogens is 142 g/mol. The summed E-state index contributed by atoms with van der Waals surface area (Å²) in [6.07, 6.45) is 2.44. The summed E-state index contributed by atoms with van der Waals surface area (Å²) in [4.78, 5) is 0. The van der Waals surface area contributed by atoms with E-state index in [1.807, 2.05) is 0 Å². The van der Waals surface area contributed by atoms with Gasteiger partial charge in [0.05, 0.1) is 0 Å². The van der Waals surface area contributed by atoms with Crippen LogP contribution in [-0.2, 0) is 11.8 Å². The Morgan fingerprint density at radius 3 is 1.88 bits per heavy atom. The Morgan fingerprint density at radius 2 is 1.62 bits per heavy atom. The lowest BCUT2D eigenvalue weighted by Crippen LogP contribution is -1.97. The Balaban J connectivity index is 2.45. The van der Waals surface area contributed by atoms with Gasteiger partial charge in [0.15, 0.2) is 0 Å². The minimum absolute atomic E-state index is 0.711. The highest BCUT2D eigenvalue weighted by Gasteiger charge is 2.18. The number of hydrogen-bond donors (Lipinski definition) is 0. The van der Waals surface area contributed by atoms with Crippen LogP contribution in [0, 0.1) is 0 Å². The van der Waals surface area contributed by atoms with Gasteiger partial charge in [0.25, 0.3) is 0 Å². The molecule has 0 atom stereocenters. The molecule has 8 heavy (non-hydrogen) atoms. The molecule has 1 fully saturated rings. The fourth-order valence-corrected chi connectivity index (χ4v) is 3.37. The molecule has 0 amide bonds. The van der Waals surface area contributed by atoms with Gasteiger partial charge in [-0.15, -0.1) is 0 Å². The van der Waals surface area contributed by atoms with Gasteiger partial charge in [-0.25, -0.2) is 4.20 Å². The maximum Gasteiger partial charge on any atom is 0.114 e. The first kappa shape index (κ1) is 6.70. The minimum atomic E-state index is -2.25. The SMILES string of the molecule is FP1(=S)CCCCC1. The molecule has 0 unspecified atom stereocenters. The molecular formula is C5H10FPS. The molecule has 1 rings (SSSR count). The smallest absolute Gasteiger partial charge is 0.114 e. The molecule has 0 aliphatic carbocycles. The van der Waals surface area contributed by atoms with E-state index < -0.39 is 6.35 Å². The monoisotopic (exact) mass is 152 g/mol. The van der Waals surface area contributed by atoms with Crippen LogP contribution in [0.2, 0.25) is 0 Å². The van der Waals surface area contributed by atoms with Crippen LogP contribution in [0.3, 0.4) is 0 Å². The zero-order valence-electron chi connectivity index (χ0n) is 4.77. The van der Waals surface area contributed by atoms with E-state index in [0.29, 0.717) is 12.3 Å². The first-order valence-electron chi connectivity index (χ1n) is 2.98. The first-order valence-corrected chi connectivity index (χ1v) is 6.05. The third-order valence-electron chi connectivity index (χ3n) is 1.48. The van der Waals surface area contributed by atoms with Gasteiger partial charge in [0.2, 0.25) is 0 Å². The molecule has 0 radical (unpaired) electrons. The van der Waals surface area contributed by atoms with E-state index in [4.69, 9.17) is 11.8 Å². The number of hydrogen-bond acceptors (Lipinski definition) is 1. The highest BCUT2D eigenvalue weighted by Crippen LogP contribution is 2.51. The fraction of sp³-hybridized carbons (Fsp3) is 1.00. The van der Waals surface area contributed by atoms with Crippen molar-refractivity contribution in [1.82, 2.24) is 0 Å². The maximum absolute atomic E-state index is 12.8. The van der Waals surface area contributed by atoms with Crippen molar-refractivity contribution >= 4 is 18.2 Å². The summed E-state index contributed by atoms with van der Waals surface area (Å²) in [5, 5.41) is 0. The van der Waals surface area contributed by atoms with Gasteiger partial charge in [-0.3, -0.25) is 0 Å². The average Bonchev–Trinajstić information content (AvgIpc) is 1.65. The Labute approximate surface area is 54.6 Å². The lowest BCUT2D eigenvalue weighted by molar-refractivity contribution is 0.714. The molecule has 1 heterocycles. The molecule has 1 aliphatic heterocycles. The second kappa shape index (κ2) is 2.45. The third-order valence-corrected chi connectivity index (χ3v) is 4.55. The van der Waals surface area contributed by atoms with Gasteiger partial charge in [-0.2, -0.15) is 0 Å². The summed E-state index contributed by atoms with van der Waals surface area (Å²) in [7, 11) is 0. The van der Waals surface area contributed by atoms with Crippen LogP contribution in [0.25, 0.3) is 0 Å². The van der Waals surface area contributed by atoms with Gasteiger partial charge in [-0.05, 0) is 12.8 Å². The predicted octanol–water partition coefficient (Wildman–Crippen LogP) is 2.53. The Hall–Kier alpha value is 0.580. The van der Waals surface area contributed by atoms with Crippen LogP contribution in [0.5, 0.6) is 0 Å². The van der Waals surface area contributed by atoms with E-state index in [-0.39, 0.29) is 0 Å². The molecule has 0 aromatic heterocycles. The van der Waals surface area contributed by atoms with Crippen LogP contribution in [0.1, 0.15) is 19.3 Å². The van der Waals surface area contributed by atoms with E-state index in [0.717, 1.165) is 12.8 Å². The van der Waals surface area contributed by atoms with Crippen LogP contribution in [-0.4, -0.2) is 12.3 Å². The molecule has 0 spiro atoms. The van der Waals surface area contributed by atoms with Crippen molar-refractivity contribution in [3.63, 3.8) is 0 Å². The molecule has 0 aromatic carbocycles. The first-order chi connectivity index (χ1) is 3.71. The number of halogens is 1. The molecule has 0 aromatic rings. The number of rotatable bonds is 0. The lowest BCUT2D eigenvalue weighted by atomic mass is 10.3. The molecule has 3 heteroatoms. The van der Waals surface area contributed by atoms with Gasteiger partial charge in [0, 0.05) is 12.3 Å². The Morgan fingerprint density at radius 1 is 1.12 bits per heavy atom. The van der Waals surface area contributed by atoms with Crippen LogP contribution < -0.4 is 0 Å². The van der Waals surface area contributed by atoms with E-state index in [9.17, 15) is 4.20 Å². The van der Waals surface area contributed by atoms with E-state index in [1.54, 1.807) is 0 Å². The van der Waals surface area contributed by atoms with Crippen molar-refractivity contribution < 1.29 is 4.20 Å². The molecule has 0 bridgehead atoms. The van der Waals surface area contributed by atoms with E-state index >= 15 is 0 Å². The second-order valence-electron chi connectivity index (χ2n) is 2.30. The molecule has 0 N–H and O–H groups in total. The zero-order valence-corrected chi connectivity index (χ0v) is 6.48. The van der Waals surface area contributed by atoms with Gasteiger partial charge in [0.1, 0.15) is 6.35 Å². The quantitative estimate of drug-likeness (QED) is 0.480. The van der Waals surface area contributed by atoms with Gasteiger partial charge in [-0.1, -0.05) is 18.2 Å². The standard InChI is InChI=1S/C5H10FPS/c6-7(8)4-2-1-3-5-7/h1-5H2. The van der Waals surface area contributed by atoms with Gasteiger partial charge < -0.3 is 0 Å². The van der Waals surface area contributed by atoms with Crippen molar-refractivity contribution in [3.05, 3.63) is 0 Å². The topological polar surface area (TPSA) is 0 Å². The lowest BCUT2D eigenvalue weighted by Gasteiger charge is -2.16. The zero-order chi connectivity index (χ0) is 6.04. The molecule has 48 valence electrons. The molecule has 0 nitrogen and oxygen atoms in total. The Kier molecular flexibility index (Phi) is 2.05. The highest BCUT2D eigenvalue weighted by atomic mass is 32.5. The van der Waals surface area contributed by atoms with Crippen LogP contribution in [0.4, 0.5) is 4.20 Å². The van der Waals surface area contributed by atoms with Crippen molar-refractivity contribution in [3.8, 4) is 0 Å². The molecule has 1 aliphatic rings. The van der Waals surface area contributed by atoms with Crippen LogP contribution >= 0.6 is 6.35 Å². The normalized spacial score (nSPS) is 27.6. The minimum Gasteiger partial charge on any atom is -0.218 e. The molecule has 0 saturated carbocycles. The van der Waals surface area contributed by atoms with Crippen LogP contribution in [0.15, 0.2) is 0 Å². The Bertz CT molecular complexity index is 114. The highest BCUT2D eigenvalue weighted by molar-refractivity contribution is 8.12. The summed E-state index contributed by atoms with van der Waals surface area (Å²) in [5.41, 5.74) is 0. The maximum atomic E-state index is 12.8. The average molecular weight is 152 g/mol. The predicted molar refractivity (Wildman–Crippen MR) is 39.0 cm³/mol.